The van der Waals surface area contributed by atoms with Crippen LogP contribution in [-0.4, -0.2) is 24.7 Å². The number of rotatable bonds is 7. The molecule has 0 aromatic rings. The van der Waals surface area contributed by atoms with Gasteiger partial charge in [0, 0.05) is 6.54 Å². The number of aliphatic imine (C=N–C) groups is 1. The van der Waals surface area contributed by atoms with Gasteiger partial charge in [-0.05, 0) is 26.6 Å². The maximum Gasteiger partial charge on any atom is 0.112 e. The lowest BCUT2D eigenvalue weighted by Crippen LogP contribution is -2.31. The molecule has 0 aliphatic carbocycles. The molecule has 12 heavy (non-hydrogen) atoms. The van der Waals surface area contributed by atoms with Crippen LogP contribution in [0.1, 0.15) is 33.1 Å². The zero-order valence-corrected chi connectivity index (χ0v) is 9.03. The molecule has 0 unspecified atom stereocenters. The van der Waals surface area contributed by atoms with Gasteiger partial charge in [0.25, 0.3) is 0 Å². The summed E-state index contributed by atoms with van der Waals surface area (Å²) in [6.07, 6.45) is 3.79. The van der Waals surface area contributed by atoms with Gasteiger partial charge in [-0.1, -0.05) is 19.8 Å². The van der Waals surface area contributed by atoms with Crippen LogP contribution in [0.2, 0.25) is 0 Å². The first kappa shape index (κ1) is 12.0. The topological polar surface area (TPSA) is 24.4 Å². The summed E-state index contributed by atoms with van der Waals surface area (Å²) in [5.41, 5.74) is 0. The van der Waals surface area contributed by atoms with Gasteiger partial charge in [0.15, 0.2) is 0 Å². The van der Waals surface area contributed by atoms with Crippen LogP contribution in [0.3, 0.4) is 0 Å². The van der Waals surface area contributed by atoms with E-state index in [4.69, 9.17) is 0 Å². The standard InChI is InChI=1S/C9H20N2S/c1-4-5-6-7-11-8-9(2,12)10-3/h11-12H,3-8H2,1-2H3/t9-/m1/s1. The fourth-order valence-electron chi connectivity index (χ4n) is 0.881. The van der Waals surface area contributed by atoms with Crippen LogP contribution < -0.4 is 5.32 Å². The molecule has 0 bridgehead atoms. The number of nitrogens with zero attached hydrogens (tertiary/aromatic N) is 1. The third kappa shape index (κ3) is 6.68. The van der Waals surface area contributed by atoms with E-state index in [0.717, 1.165) is 13.1 Å². The molecule has 1 N–H and O–H groups in total. The summed E-state index contributed by atoms with van der Waals surface area (Å²) in [4.78, 5) is 3.58. The molecule has 0 saturated heterocycles. The van der Waals surface area contributed by atoms with E-state index < -0.39 is 0 Å². The molecule has 0 aromatic carbocycles. The van der Waals surface area contributed by atoms with Crippen LogP contribution in [0.4, 0.5) is 0 Å². The van der Waals surface area contributed by atoms with E-state index in [1.54, 1.807) is 0 Å². The van der Waals surface area contributed by atoms with Crippen LogP contribution in [-0.2, 0) is 0 Å². The van der Waals surface area contributed by atoms with E-state index in [9.17, 15) is 0 Å². The summed E-state index contributed by atoms with van der Waals surface area (Å²) in [6, 6.07) is 0. The molecule has 0 radical (unpaired) electrons. The first-order valence-corrected chi connectivity index (χ1v) is 4.98. The highest BCUT2D eigenvalue weighted by molar-refractivity contribution is 7.81. The average Bonchev–Trinajstić information content (AvgIpc) is 2.04. The molecular formula is C9H20N2S. The third-order valence-corrected chi connectivity index (χ3v) is 2.06. The number of nitrogens with one attached hydrogen (secondary N) is 1. The Morgan fingerprint density at radius 2 is 2.17 bits per heavy atom. The van der Waals surface area contributed by atoms with Crippen molar-refractivity contribution in [3.05, 3.63) is 0 Å². The maximum atomic E-state index is 4.32. The SMILES string of the molecule is C=N[C@](C)(S)CNCCCCC. The molecule has 0 fully saturated rings. The predicted molar refractivity (Wildman–Crippen MR) is 59.3 cm³/mol. The molecule has 0 saturated carbocycles. The summed E-state index contributed by atoms with van der Waals surface area (Å²) in [5, 5.41) is 3.30. The lowest BCUT2D eigenvalue weighted by molar-refractivity contribution is 0.555. The Hall–Kier alpha value is -0.0200. The summed E-state index contributed by atoms with van der Waals surface area (Å²) >= 11 is 4.32. The predicted octanol–water partition coefficient (Wildman–Crippen LogP) is 2.11. The summed E-state index contributed by atoms with van der Waals surface area (Å²) in [5.74, 6) is 0. The highest BCUT2D eigenvalue weighted by Gasteiger charge is 2.13. The van der Waals surface area contributed by atoms with Gasteiger partial charge in [-0.2, -0.15) is 0 Å². The van der Waals surface area contributed by atoms with Crippen LogP contribution in [0.5, 0.6) is 0 Å². The Balaban J connectivity index is 3.25. The second-order valence-corrected chi connectivity index (χ2v) is 4.22. The number of thiol groups is 1. The zero-order valence-electron chi connectivity index (χ0n) is 8.14. The Bertz CT molecular complexity index is 124. The maximum absolute atomic E-state index is 4.32. The van der Waals surface area contributed by atoms with Crippen molar-refractivity contribution >= 4 is 19.3 Å². The van der Waals surface area contributed by atoms with Crippen molar-refractivity contribution in [3.63, 3.8) is 0 Å². The van der Waals surface area contributed by atoms with Crippen molar-refractivity contribution in [2.45, 2.75) is 38.0 Å². The molecule has 3 heteroatoms. The minimum absolute atomic E-state index is 0.313. The number of unbranched alkanes of at least 4 members (excludes halogenated alkanes) is 2. The molecule has 0 rings (SSSR count). The van der Waals surface area contributed by atoms with Gasteiger partial charge in [0.1, 0.15) is 4.87 Å². The van der Waals surface area contributed by atoms with Gasteiger partial charge in [-0.15, -0.1) is 12.6 Å². The monoisotopic (exact) mass is 188 g/mol. The zero-order chi connectivity index (χ0) is 9.45. The fourth-order valence-corrected chi connectivity index (χ4v) is 0.993. The smallest absolute Gasteiger partial charge is 0.112 e. The minimum Gasteiger partial charge on any atom is -0.313 e. The molecular weight excluding hydrogens is 168 g/mol. The molecule has 72 valence electrons. The number of hydrogen-bond acceptors (Lipinski definition) is 3. The van der Waals surface area contributed by atoms with Crippen molar-refractivity contribution in [1.82, 2.24) is 5.32 Å². The van der Waals surface area contributed by atoms with Crippen LogP contribution in [0.15, 0.2) is 4.99 Å². The Morgan fingerprint density at radius 1 is 1.50 bits per heavy atom. The average molecular weight is 188 g/mol. The van der Waals surface area contributed by atoms with E-state index in [-0.39, 0.29) is 4.87 Å². The molecule has 0 heterocycles. The second kappa shape index (κ2) is 6.49. The van der Waals surface area contributed by atoms with Crippen molar-refractivity contribution in [2.24, 2.45) is 4.99 Å². The van der Waals surface area contributed by atoms with E-state index >= 15 is 0 Å². The largest absolute Gasteiger partial charge is 0.313 e. The summed E-state index contributed by atoms with van der Waals surface area (Å²) in [7, 11) is 0. The molecule has 0 aliphatic heterocycles. The van der Waals surface area contributed by atoms with E-state index in [0.29, 0.717) is 0 Å². The first-order chi connectivity index (χ1) is 5.62. The lowest BCUT2D eigenvalue weighted by atomic mass is 10.2. The van der Waals surface area contributed by atoms with Gasteiger partial charge in [0.05, 0.1) is 0 Å². The van der Waals surface area contributed by atoms with Gasteiger partial charge >= 0.3 is 0 Å². The van der Waals surface area contributed by atoms with Crippen LogP contribution in [0.25, 0.3) is 0 Å². The normalized spacial score (nSPS) is 15.6. The first-order valence-electron chi connectivity index (χ1n) is 4.53. The highest BCUT2D eigenvalue weighted by atomic mass is 32.1. The van der Waals surface area contributed by atoms with Crippen molar-refractivity contribution < 1.29 is 0 Å². The highest BCUT2D eigenvalue weighted by Crippen LogP contribution is 2.12. The minimum atomic E-state index is -0.313. The molecule has 0 aromatic heterocycles. The quantitative estimate of drug-likeness (QED) is 0.357. The van der Waals surface area contributed by atoms with Crippen LogP contribution in [0, 0.1) is 0 Å². The summed E-state index contributed by atoms with van der Waals surface area (Å²) in [6.45, 7) is 9.49. The van der Waals surface area contributed by atoms with Crippen LogP contribution >= 0.6 is 12.6 Å². The fraction of sp³-hybridized carbons (Fsp3) is 0.889. The third-order valence-electron chi connectivity index (χ3n) is 1.76. The lowest BCUT2D eigenvalue weighted by Gasteiger charge is -2.18. The van der Waals surface area contributed by atoms with Gasteiger partial charge < -0.3 is 5.32 Å². The Kier molecular flexibility index (Phi) is 6.48. The van der Waals surface area contributed by atoms with Crippen molar-refractivity contribution in [3.8, 4) is 0 Å². The Labute approximate surface area is 81.3 Å². The molecule has 2 nitrogen and oxygen atoms in total. The van der Waals surface area contributed by atoms with E-state index in [1.165, 1.54) is 19.3 Å². The van der Waals surface area contributed by atoms with Gasteiger partial charge in [-0.25, -0.2) is 0 Å². The molecule has 0 aliphatic rings. The van der Waals surface area contributed by atoms with Gasteiger partial charge in [0.2, 0.25) is 0 Å². The number of hydrogen-bond donors (Lipinski definition) is 2. The van der Waals surface area contributed by atoms with Gasteiger partial charge in [-0.3, -0.25) is 4.99 Å². The molecule has 0 spiro atoms. The van der Waals surface area contributed by atoms with E-state index in [2.05, 4.69) is 36.6 Å². The molecule has 0 amide bonds. The Morgan fingerprint density at radius 3 is 2.67 bits per heavy atom. The molecule has 1 atom stereocenters. The second-order valence-electron chi connectivity index (χ2n) is 3.26. The van der Waals surface area contributed by atoms with E-state index in [1.807, 2.05) is 6.92 Å². The van der Waals surface area contributed by atoms with Crippen molar-refractivity contribution in [2.75, 3.05) is 13.1 Å². The summed E-state index contributed by atoms with van der Waals surface area (Å²) < 4.78 is 0. The van der Waals surface area contributed by atoms with Crippen molar-refractivity contribution in [1.29, 1.82) is 0 Å².